The van der Waals surface area contributed by atoms with Gasteiger partial charge in [-0.25, -0.2) is 32.4 Å². The summed E-state index contributed by atoms with van der Waals surface area (Å²) in [5.41, 5.74) is 3.51. The highest BCUT2D eigenvalue weighted by molar-refractivity contribution is 7.90. The molecule has 4 aromatic heterocycles. The zero-order valence-corrected chi connectivity index (χ0v) is 15.8. The van der Waals surface area contributed by atoms with E-state index in [2.05, 4.69) is 25.0 Å². The van der Waals surface area contributed by atoms with Crippen molar-refractivity contribution in [3.63, 3.8) is 0 Å². The van der Waals surface area contributed by atoms with E-state index in [1.165, 1.54) is 6.20 Å². The summed E-state index contributed by atoms with van der Waals surface area (Å²) in [5.74, 6) is 0.323. The van der Waals surface area contributed by atoms with Gasteiger partial charge in [0.25, 0.3) is 0 Å². The van der Waals surface area contributed by atoms with E-state index in [9.17, 15) is 12.8 Å². The second-order valence-corrected chi connectivity index (χ2v) is 8.73. The Kier molecular flexibility index (Phi) is 4.63. The number of nitrogens with zero attached hydrogens (tertiary/aromatic N) is 5. The summed E-state index contributed by atoms with van der Waals surface area (Å²) >= 11 is 0. The van der Waals surface area contributed by atoms with E-state index in [-0.39, 0.29) is 12.2 Å². The predicted octanol–water partition coefficient (Wildman–Crippen LogP) is 2.65. The normalized spacial score (nSPS) is 13.1. The van der Waals surface area contributed by atoms with Crippen LogP contribution in [0, 0.1) is 0 Å². The standard InChI is InChI=1S/C18H17FN6O2S/c1-28(26,27)7-5-15(19)12-2-3-16(21-8-12)25-10-13(9-24-25)14-4-6-20-18-17(14)22-11-23-18/h2-4,6,8-11,15H,5,7H2,1H3,(H,20,22,23). The van der Waals surface area contributed by atoms with E-state index in [0.29, 0.717) is 17.0 Å². The van der Waals surface area contributed by atoms with Crippen LogP contribution >= 0.6 is 0 Å². The maximum atomic E-state index is 14.2. The highest BCUT2D eigenvalue weighted by Gasteiger charge is 2.15. The Morgan fingerprint density at radius 2 is 2.04 bits per heavy atom. The maximum Gasteiger partial charge on any atom is 0.157 e. The summed E-state index contributed by atoms with van der Waals surface area (Å²) in [5, 5.41) is 4.32. The van der Waals surface area contributed by atoms with Crippen LogP contribution in [0.15, 0.2) is 49.3 Å². The second kappa shape index (κ2) is 7.12. The molecule has 0 aliphatic heterocycles. The molecule has 0 amide bonds. The first-order valence-electron chi connectivity index (χ1n) is 8.52. The average Bonchev–Trinajstić information content (AvgIpc) is 3.35. The Hall–Kier alpha value is -3.14. The third-order valence-electron chi connectivity index (χ3n) is 4.32. The molecule has 0 bridgehead atoms. The number of imidazole rings is 1. The van der Waals surface area contributed by atoms with Crippen molar-refractivity contribution in [2.45, 2.75) is 12.6 Å². The Morgan fingerprint density at radius 3 is 2.79 bits per heavy atom. The molecule has 4 aromatic rings. The van der Waals surface area contributed by atoms with Crippen molar-refractivity contribution in [3.8, 4) is 16.9 Å². The van der Waals surface area contributed by atoms with Gasteiger partial charge in [0, 0.05) is 41.5 Å². The molecule has 0 saturated carbocycles. The molecular formula is C18H17FN6O2S. The molecule has 1 unspecified atom stereocenters. The van der Waals surface area contributed by atoms with Crippen molar-refractivity contribution in [1.82, 2.24) is 29.7 Å². The summed E-state index contributed by atoms with van der Waals surface area (Å²) in [7, 11) is -3.20. The number of alkyl halides is 1. The summed E-state index contributed by atoms with van der Waals surface area (Å²) in [6.45, 7) is 0. The first kappa shape index (κ1) is 18.2. The minimum Gasteiger partial charge on any atom is -0.329 e. The number of halogens is 1. The van der Waals surface area contributed by atoms with Gasteiger partial charge in [-0.3, -0.25) is 0 Å². The molecule has 0 fully saturated rings. The summed E-state index contributed by atoms with van der Waals surface area (Å²) in [6, 6.07) is 5.10. The molecule has 0 spiro atoms. The lowest BCUT2D eigenvalue weighted by Gasteiger charge is -2.08. The summed E-state index contributed by atoms with van der Waals surface area (Å²) in [6.07, 6.45) is 7.81. The van der Waals surface area contributed by atoms with Gasteiger partial charge in [0.1, 0.15) is 21.5 Å². The summed E-state index contributed by atoms with van der Waals surface area (Å²) < 4.78 is 38.2. The van der Waals surface area contributed by atoms with Crippen LogP contribution in [-0.2, 0) is 9.84 Å². The van der Waals surface area contributed by atoms with Gasteiger partial charge >= 0.3 is 0 Å². The molecule has 0 aliphatic rings. The third-order valence-corrected chi connectivity index (χ3v) is 5.30. The Morgan fingerprint density at radius 1 is 1.18 bits per heavy atom. The van der Waals surface area contributed by atoms with E-state index in [1.807, 2.05) is 12.3 Å². The first-order chi connectivity index (χ1) is 13.4. The van der Waals surface area contributed by atoms with Crippen molar-refractivity contribution in [1.29, 1.82) is 0 Å². The number of pyridine rings is 2. The average molecular weight is 400 g/mol. The van der Waals surface area contributed by atoms with Crippen LogP contribution in [0.2, 0.25) is 0 Å². The molecule has 0 radical (unpaired) electrons. The van der Waals surface area contributed by atoms with Crippen LogP contribution in [0.25, 0.3) is 28.1 Å². The Balaban J connectivity index is 1.55. The van der Waals surface area contributed by atoms with E-state index in [1.54, 1.807) is 35.5 Å². The van der Waals surface area contributed by atoms with Crippen LogP contribution < -0.4 is 0 Å². The molecule has 0 saturated heterocycles. The molecule has 28 heavy (non-hydrogen) atoms. The number of nitrogens with one attached hydrogen (secondary N) is 1. The Bertz CT molecular complexity index is 1220. The van der Waals surface area contributed by atoms with Crippen LogP contribution in [0.5, 0.6) is 0 Å². The number of sulfone groups is 1. The fraction of sp³-hybridized carbons (Fsp3) is 0.222. The molecule has 1 N–H and O–H groups in total. The number of hydrogen-bond acceptors (Lipinski definition) is 6. The lowest BCUT2D eigenvalue weighted by molar-refractivity contribution is 0.334. The van der Waals surface area contributed by atoms with E-state index in [4.69, 9.17) is 0 Å². The minimum absolute atomic E-state index is 0.0898. The van der Waals surface area contributed by atoms with Crippen LogP contribution in [0.1, 0.15) is 18.2 Å². The third kappa shape index (κ3) is 3.77. The zero-order chi connectivity index (χ0) is 19.7. The number of H-pyrrole nitrogens is 1. The first-order valence-corrected chi connectivity index (χ1v) is 10.6. The van der Waals surface area contributed by atoms with Gasteiger partial charge in [0.05, 0.1) is 18.3 Å². The molecule has 10 heteroatoms. The topological polar surface area (TPSA) is 106 Å². The number of hydrogen-bond donors (Lipinski definition) is 1. The monoisotopic (exact) mass is 400 g/mol. The number of aromatic amines is 1. The van der Waals surface area contributed by atoms with Crippen molar-refractivity contribution in [2.75, 3.05) is 12.0 Å². The lowest BCUT2D eigenvalue weighted by Crippen LogP contribution is -2.07. The smallest absolute Gasteiger partial charge is 0.157 e. The molecule has 8 nitrogen and oxygen atoms in total. The minimum atomic E-state index is -3.20. The molecule has 0 aliphatic carbocycles. The van der Waals surface area contributed by atoms with Gasteiger partial charge in [0.15, 0.2) is 11.5 Å². The second-order valence-electron chi connectivity index (χ2n) is 6.47. The molecular weight excluding hydrogens is 383 g/mol. The quantitative estimate of drug-likeness (QED) is 0.533. The van der Waals surface area contributed by atoms with Gasteiger partial charge in [-0.05, 0) is 18.6 Å². The highest BCUT2D eigenvalue weighted by atomic mass is 32.2. The SMILES string of the molecule is CS(=O)(=O)CCC(F)c1ccc(-n2cc(-c3ccnc4[nH]cnc34)cn2)nc1. The van der Waals surface area contributed by atoms with E-state index < -0.39 is 16.0 Å². The maximum absolute atomic E-state index is 14.2. The lowest BCUT2D eigenvalue weighted by atomic mass is 10.1. The van der Waals surface area contributed by atoms with Crippen molar-refractivity contribution in [3.05, 3.63) is 54.9 Å². The molecule has 4 heterocycles. The summed E-state index contributed by atoms with van der Waals surface area (Å²) in [4.78, 5) is 15.7. The zero-order valence-electron chi connectivity index (χ0n) is 14.9. The molecule has 1 atom stereocenters. The van der Waals surface area contributed by atoms with Crippen LogP contribution in [-0.4, -0.2) is 50.1 Å². The number of rotatable bonds is 6. The van der Waals surface area contributed by atoms with Gasteiger partial charge in [-0.2, -0.15) is 5.10 Å². The van der Waals surface area contributed by atoms with Gasteiger partial charge < -0.3 is 4.98 Å². The number of fused-ring (bicyclic) bond motifs is 1. The number of aromatic nitrogens is 6. The van der Waals surface area contributed by atoms with Crippen molar-refractivity contribution >= 4 is 21.0 Å². The van der Waals surface area contributed by atoms with Crippen LogP contribution in [0.3, 0.4) is 0 Å². The van der Waals surface area contributed by atoms with Gasteiger partial charge in [-0.1, -0.05) is 6.07 Å². The van der Waals surface area contributed by atoms with Gasteiger partial charge in [-0.15, -0.1) is 0 Å². The predicted molar refractivity (Wildman–Crippen MR) is 102 cm³/mol. The fourth-order valence-corrected chi connectivity index (χ4v) is 3.51. The largest absolute Gasteiger partial charge is 0.329 e. The van der Waals surface area contributed by atoms with E-state index in [0.717, 1.165) is 22.9 Å². The van der Waals surface area contributed by atoms with Crippen molar-refractivity contribution in [2.24, 2.45) is 0 Å². The van der Waals surface area contributed by atoms with Crippen molar-refractivity contribution < 1.29 is 12.8 Å². The highest BCUT2D eigenvalue weighted by Crippen LogP contribution is 2.26. The molecule has 4 rings (SSSR count). The van der Waals surface area contributed by atoms with E-state index >= 15 is 0 Å². The molecule has 0 aromatic carbocycles. The fourth-order valence-electron chi connectivity index (χ4n) is 2.87. The van der Waals surface area contributed by atoms with Crippen LogP contribution in [0.4, 0.5) is 4.39 Å². The van der Waals surface area contributed by atoms with Gasteiger partial charge in [0.2, 0.25) is 0 Å². The Labute approximate surface area is 160 Å². The molecule has 144 valence electrons.